The molecular weight excluding hydrogens is 319 g/mol. The van der Waals surface area contributed by atoms with E-state index in [1.807, 2.05) is 0 Å². The van der Waals surface area contributed by atoms with Crippen LogP contribution in [-0.2, 0) is 0 Å². The van der Waals surface area contributed by atoms with Crippen molar-refractivity contribution in [1.29, 1.82) is 0 Å². The van der Waals surface area contributed by atoms with E-state index in [0.29, 0.717) is 22.6 Å². The molecule has 4 rings (SSSR count). The molecule has 0 unspecified atom stereocenters. The zero-order chi connectivity index (χ0) is 17.2. The van der Waals surface area contributed by atoms with Gasteiger partial charge in [0.1, 0.15) is 5.82 Å². The Bertz CT molecular complexity index is 915. The molecule has 2 heterocycles. The molecule has 128 valence electrons. The number of aromatic nitrogens is 3. The van der Waals surface area contributed by atoms with E-state index >= 15 is 0 Å². The molecule has 3 aromatic rings. The van der Waals surface area contributed by atoms with Crippen molar-refractivity contribution in [2.75, 3.05) is 0 Å². The van der Waals surface area contributed by atoms with Crippen molar-refractivity contribution >= 4 is 11.6 Å². The van der Waals surface area contributed by atoms with Crippen molar-refractivity contribution < 1.29 is 9.18 Å². The lowest BCUT2D eigenvalue weighted by atomic mass is 9.95. The third-order valence-corrected chi connectivity index (χ3v) is 4.73. The number of rotatable bonds is 3. The molecule has 6 heteroatoms. The lowest BCUT2D eigenvalue weighted by molar-refractivity contribution is 0.0929. The van der Waals surface area contributed by atoms with Gasteiger partial charge in [-0.15, -0.1) is 10.2 Å². The van der Waals surface area contributed by atoms with Crippen molar-refractivity contribution in [1.82, 2.24) is 19.9 Å². The van der Waals surface area contributed by atoms with Gasteiger partial charge >= 0.3 is 0 Å². The number of halogens is 1. The van der Waals surface area contributed by atoms with Gasteiger partial charge in [0.15, 0.2) is 11.5 Å². The first-order chi connectivity index (χ1) is 12.2. The quantitative estimate of drug-likeness (QED) is 0.794. The number of amides is 1. The van der Waals surface area contributed by atoms with E-state index in [9.17, 15) is 9.18 Å². The topological polar surface area (TPSA) is 59.3 Å². The molecular formula is C19H19FN4O. The number of benzene rings is 1. The van der Waals surface area contributed by atoms with Crippen molar-refractivity contribution in [3.63, 3.8) is 0 Å². The molecule has 1 aliphatic rings. The molecule has 1 N–H and O–H groups in total. The molecule has 1 saturated carbocycles. The summed E-state index contributed by atoms with van der Waals surface area (Å²) in [6.45, 7) is 0. The molecule has 0 aliphatic heterocycles. The fourth-order valence-electron chi connectivity index (χ4n) is 3.43. The van der Waals surface area contributed by atoms with Crippen LogP contribution in [0.25, 0.3) is 17.0 Å². The van der Waals surface area contributed by atoms with E-state index in [2.05, 4.69) is 15.5 Å². The fraction of sp³-hybridized carbons (Fsp3) is 0.316. The van der Waals surface area contributed by atoms with Gasteiger partial charge in [0.05, 0.1) is 11.1 Å². The molecule has 0 bridgehead atoms. The Morgan fingerprint density at radius 2 is 1.88 bits per heavy atom. The maximum Gasteiger partial charge on any atom is 0.255 e. The van der Waals surface area contributed by atoms with E-state index in [0.717, 1.165) is 25.7 Å². The number of fused-ring (bicyclic) bond motifs is 1. The van der Waals surface area contributed by atoms with Crippen LogP contribution in [0, 0.1) is 5.82 Å². The fourth-order valence-corrected chi connectivity index (χ4v) is 3.43. The van der Waals surface area contributed by atoms with Crippen molar-refractivity contribution in [2.45, 2.75) is 38.1 Å². The summed E-state index contributed by atoms with van der Waals surface area (Å²) in [5, 5.41) is 11.3. The van der Waals surface area contributed by atoms with Crippen LogP contribution in [0.1, 0.15) is 42.5 Å². The van der Waals surface area contributed by atoms with Crippen LogP contribution < -0.4 is 5.32 Å². The molecule has 25 heavy (non-hydrogen) atoms. The highest BCUT2D eigenvalue weighted by Gasteiger charge is 2.20. The van der Waals surface area contributed by atoms with Crippen LogP contribution in [0.4, 0.5) is 4.39 Å². The molecule has 1 aromatic carbocycles. The zero-order valence-corrected chi connectivity index (χ0v) is 13.8. The van der Waals surface area contributed by atoms with Crippen LogP contribution in [0.15, 0.2) is 42.6 Å². The van der Waals surface area contributed by atoms with Gasteiger partial charge in [-0.25, -0.2) is 4.39 Å². The Hall–Kier alpha value is -2.76. The average molecular weight is 338 g/mol. The number of nitrogens with zero attached hydrogens (tertiary/aromatic N) is 3. The number of hydrogen-bond acceptors (Lipinski definition) is 3. The van der Waals surface area contributed by atoms with Crippen LogP contribution in [0.5, 0.6) is 0 Å². The van der Waals surface area contributed by atoms with Gasteiger partial charge in [-0.1, -0.05) is 31.4 Å². The zero-order valence-electron chi connectivity index (χ0n) is 13.8. The van der Waals surface area contributed by atoms with Crippen LogP contribution in [-0.4, -0.2) is 26.5 Å². The number of nitrogens with one attached hydrogen (secondary N) is 1. The largest absolute Gasteiger partial charge is 0.349 e. The highest BCUT2D eigenvalue weighted by molar-refractivity contribution is 6.00. The number of carbonyl (C=O) groups excluding carboxylic acids is 1. The number of carbonyl (C=O) groups is 1. The van der Waals surface area contributed by atoms with Crippen LogP contribution >= 0.6 is 0 Å². The van der Waals surface area contributed by atoms with E-state index in [1.54, 1.807) is 40.9 Å². The third kappa shape index (κ3) is 2.99. The minimum atomic E-state index is -0.367. The van der Waals surface area contributed by atoms with Gasteiger partial charge in [-0.3, -0.25) is 9.20 Å². The van der Waals surface area contributed by atoms with Crippen molar-refractivity contribution in [3.05, 3.63) is 54.0 Å². The predicted molar refractivity (Wildman–Crippen MR) is 92.7 cm³/mol. The Balaban J connectivity index is 1.69. The van der Waals surface area contributed by atoms with E-state index in [1.165, 1.54) is 12.5 Å². The normalized spacial score (nSPS) is 15.4. The first kappa shape index (κ1) is 15.7. The second kappa shape index (κ2) is 6.63. The van der Waals surface area contributed by atoms with E-state index < -0.39 is 0 Å². The van der Waals surface area contributed by atoms with Crippen molar-refractivity contribution in [2.24, 2.45) is 0 Å². The Labute approximate surface area is 144 Å². The monoisotopic (exact) mass is 338 g/mol. The lowest BCUT2D eigenvalue weighted by Gasteiger charge is -2.22. The first-order valence-corrected chi connectivity index (χ1v) is 8.63. The van der Waals surface area contributed by atoms with Crippen molar-refractivity contribution in [3.8, 4) is 11.4 Å². The molecule has 2 aromatic heterocycles. The molecule has 5 nitrogen and oxygen atoms in total. The summed E-state index contributed by atoms with van der Waals surface area (Å²) in [6.07, 6.45) is 7.31. The molecule has 1 amide bonds. The van der Waals surface area contributed by atoms with E-state index in [-0.39, 0.29) is 17.8 Å². The maximum absolute atomic E-state index is 14.1. The second-order valence-corrected chi connectivity index (χ2v) is 6.43. The van der Waals surface area contributed by atoms with Crippen LogP contribution in [0.3, 0.4) is 0 Å². The summed E-state index contributed by atoms with van der Waals surface area (Å²) in [7, 11) is 0. The smallest absolute Gasteiger partial charge is 0.255 e. The molecule has 1 aliphatic carbocycles. The van der Waals surface area contributed by atoms with Gasteiger partial charge in [0.25, 0.3) is 5.91 Å². The van der Waals surface area contributed by atoms with Crippen LogP contribution in [0.2, 0.25) is 0 Å². The molecule has 1 fully saturated rings. The first-order valence-electron chi connectivity index (χ1n) is 8.63. The molecule has 0 atom stereocenters. The number of pyridine rings is 1. The van der Waals surface area contributed by atoms with Gasteiger partial charge in [0.2, 0.25) is 0 Å². The average Bonchev–Trinajstić information content (AvgIpc) is 3.07. The van der Waals surface area contributed by atoms with Gasteiger partial charge < -0.3 is 5.32 Å². The lowest BCUT2D eigenvalue weighted by Crippen LogP contribution is -2.36. The Kier molecular flexibility index (Phi) is 4.17. The van der Waals surface area contributed by atoms with Gasteiger partial charge in [-0.2, -0.15) is 0 Å². The summed E-state index contributed by atoms with van der Waals surface area (Å²) in [5.74, 6) is -0.126. The summed E-state index contributed by atoms with van der Waals surface area (Å²) in [6, 6.07) is 10.1. The Morgan fingerprint density at radius 1 is 1.08 bits per heavy atom. The number of hydrogen-bond donors (Lipinski definition) is 1. The second-order valence-electron chi connectivity index (χ2n) is 6.43. The summed E-state index contributed by atoms with van der Waals surface area (Å²) < 4.78 is 15.7. The summed E-state index contributed by atoms with van der Waals surface area (Å²) in [4.78, 5) is 12.7. The molecule has 0 radical (unpaired) electrons. The SMILES string of the molecule is O=C(NC1CCCCC1)c1cccn2c(-c3ccccc3F)nnc12. The Morgan fingerprint density at radius 3 is 2.68 bits per heavy atom. The van der Waals surface area contributed by atoms with Gasteiger partial charge in [0, 0.05) is 12.2 Å². The highest BCUT2D eigenvalue weighted by Crippen LogP contribution is 2.23. The maximum atomic E-state index is 14.1. The third-order valence-electron chi connectivity index (χ3n) is 4.73. The van der Waals surface area contributed by atoms with Gasteiger partial charge in [-0.05, 0) is 37.1 Å². The minimum absolute atomic E-state index is 0.148. The highest BCUT2D eigenvalue weighted by atomic mass is 19.1. The molecule has 0 spiro atoms. The van der Waals surface area contributed by atoms with E-state index in [4.69, 9.17) is 0 Å². The summed E-state index contributed by atoms with van der Waals surface area (Å²) >= 11 is 0. The summed E-state index contributed by atoms with van der Waals surface area (Å²) in [5.41, 5.74) is 1.26. The predicted octanol–water partition coefficient (Wildman–Crippen LogP) is 3.60. The standard InChI is InChI=1S/C19H19FN4O/c20-16-11-5-4-9-14(16)17-22-23-18-15(10-6-12-24(17)18)19(25)21-13-7-2-1-3-8-13/h4-6,9-13H,1-3,7-8H2,(H,21,25). The molecule has 0 saturated heterocycles. The minimum Gasteiger partial charge on any atom is -0.349 e.